The van der Waals surface area contributed by atoms with Crippen LogP contribution in [-0.4, -0.2) is 37.2 Å². The smallest absolute Gasteiger partial charge is 0.330 e. The molecule has 0 bridgehead atoms. The average molecular weight is 373 g/mol. The number of carbonyl (C=O) groups excluding carboxylic acids is 2. The van der Waals surface area contributed by atoms with E-state index in [2.05, 4.69) is 0 Å². The molecule has 2 aromatic rings. The van der Waals surface area contributed by atoms with Crippen molar-refractivity contribution in [1.82, 2.24) is 4.31 Å². The molecule has 136 valence electrons. The van der Waals surface area contributed by atoms with Crippen LogP contribution < -0.4 is 0 Å². The Balaban J connectivity index is 2.13. The second kappa shape index (κ2) is 6.92. The summed E-state index contributed by atoms with van der Waals surface area (Å²) < 4.78 is 32.0. The van der Waals surface area contributed by atoms with Gasteiger partial charge in [0.15, 0.2) is 0 Å². The van der Waals surface area contributed by atoms with Gasteiger partial charge in [0.25, 0.3) is 15.9 Å². The van der Waals surface area contributed by atoms with Gasteiger partial charge in [0.05, 0.1) is 11.5 Å². The molecule has 3 rings (SSSR count). The first-order valence-corrected chi connectivity index (χ1v) is 9.70. The lowest BCUT2D eigenvalue weighted by Crippen LogP contribution is -2.53. The van der Waals surface area contributed by atoms with Crippen molar-refractivity contribution in [2.24, 2.45) is 0 Å². The lowest BCUT2D eigenvalue weighted by molar-refractivity contribution is -0.147. The number of hydrogen-bond acceptors (Lipinski definition) is 5. The summed E-state index contributed by atoms with van der Waals surface area (Å²) in [6.45, 7) is 3.57. The molecular formula is C19H19NO5S. The number of hydrogen-bond donors (Lipinski definition) is 0. The highest BCUT2D eigenvalue weighted by Crippen LogP contribution is 2.29. The van der Waals surface area contributed by atoms with Gasteiger partial charge < -0.3 is 4.74 Å². The molecular weight excluding hydrogens is 354 g/mol. The van der Waals surface area contributed by atoms with Crippen LogP contribution in [0.15, 0.2) is 53.4 Å². The number of carbonyl (C=O) groups is 2. The molecule has 0 aliphatic carbocycles. The Morgan fingerprint density at radius 1 is 1.15 bits per heavy atom. The number of ether oxygens (including phenoxy) is 1. The normalized spacial score (nSPS) is 16.9. The molecule has 0 N–H and O–H groups in total. The van der Waals surface area contributed by atoms with Crippen molar-refractivity contribution in [3.8, 4) is 0 Å². The van der Waals surface area contributed by atoms with Crippen LogP contribution in [0.3, 0.4) is 0 Å². The highest BCUT2D eigenvalue weighted by molar-refractivity contribution is 7.89. The third kappa shape index (κ3) is 3.10. The van der Waals surface area contributed by atoms with Crippen molar-refractivity contribution in [2.75, 3.05) is 6.61 Å². The largest absolute Gasteiger partial charge is 0.464 e. The molecule has 1 heterocycles. The predicted molar refractivity (Wildman–Crippen MR) is 95.1 cm³/mol. The number of aryl methyl sites for hydroxylation is 1. The summed E-state index contributed by atoms with van der Waals surface area (Å²) in [4.78, 5) is 25.3. The van der Waals surface area contributed by atoms with Gasteiger partial charge in [0.1, 0.15) is 6.04 Å². The Morgan fingerprint density at radius 3 is 2.46 bits per heavy atom. The minimum atomic E-state index is -4.20. The van der Waals surface area contributed by atoms with Crippen LogP contribution in [0, 0.1) is 6.92 Å². The molecule has 0 spiro atoms. The van der Waals surface area contributed by atoms with Crippen molar-refractivity contribution >= 4 is 21.9 Å². The van der Waals surface area contributed by atoms with Gasteiger partial charge in [0, 0.05) is 12.0 Å². The number of sulfonamides is 1. The third-order valence-corrected chi connectivity index (χ3v) is 6.09. The van der Waals surface area contributed by atoms with Crippen LogP contribution in [0.1, 0.15) is 28.4 Å². The molecule has 0 saturated heterocycles. The molecule has 0 radical (unpaired) electrons. The van der Waals surface area contributed by atoms with E-state index in [1.54, 1.807) is 43.3 Å². The second-order valence-corrected chi connectivity index (χ2v) is 7.86. The molecule has 26 heavy (non-hydrogen) atoms. The quantitative estimate of drug-likeness (QED) is 0.769. The zero-order valence-electron chi connectivity index (χ0n) is 14.5. The van der Waals surface area contributed by atoms with Gasteiger partial charge in [-0.1, -0.05) is 35.9 Å². The van der Waals surface area contributed by atoms with E-state index in [9.17, 15) is 18.0 Å². The van der Waals surface area contributed by atoms with Gasteiger partial charge in [0.2, 0.25) is 0 Å². The zero-order valence-corrected chi connectivity index (χ0v) is 15.3. The lowest BCUT2D eigenvalue weighted by atomic mass is 9.95. The van der Waals surface area contributed by atoms with Crippen LogP contribution in [0.4, 0.5) is 0 Å². The standard InChI is InChI=1S/C19H19NO5S/c1-3-25-19(22)17-12-14-6-4-5-7-16(14)18(21)20(17)26(23,24)15-10-8-13(2)9-11-15/h4-11,17H,3,12H2,1-2H3. The van der Waals surface area contributed by atoms with Crippen molar-refractivity contribution in [3.05, 3.63) is 65.2 Å². The average Bonchev–Trinajstić information content (AvgIpc) is 2.62. The summed E-state index contributed by atoms with van der Waals surface area (Å²) in [5.74, 6) is -1.45. The summed E-state index contributed by atoms with van der Waals surface area (Å²) in [5, 5.41) is 0. The van der Waals surface area contributed by atoms with Crippen LogP contribution in [-0.2, 0) is 26.0 Å². The fraction of sp³-hybridized carbons (Fsp3) is 0.263. The minimum absolute atomic E-state index is 0.0369. The van der Waals surface area contributed by atoms with E-state index in [4.69, 9.17) is 4.74 Å². The maximum Gasteiger partial charge on any atom is 0.330 e. The van der Waals surface area contributed by atoms with E-state index >= 15 is 0 Å². The molecule has 1 unspecified atom stereocenters. The van der Waals surface area contributed by atoms with Gasteiger partial charge in [-0.15, -0.1) is 0 Å². The fourth-order valence-electron chi connectivity index (χ4n) is 2.98. The molecule has 0 saturated carbocycles. The lowest BCUT2D eigenvalue weighted by Gasteiger charge is -2.34. The molecule has 7 heteroatoms. The Labute approximate surface area is 152 Å². The van der Waals surface area contributed by atoms with Crippen molar-refractivity contribution < 1.29 is 22.7 Å². The van der Waals surface area contributed by atoms with Crippen molar-refractivity contribution in [1.29, 1.82) is 0 Å². The minimum Gasteiger partial charge on any atom is -0.464 e. The maximum absolute atomic E-state index is 13.1. The number of benzene rings is 2. The third-order valence-electron chi connectivity index (χ3n) is 4.28. The summed E-state index contributed by atoms with van der Waals surface area (Å²) >= 11 is 0. The molecule has 1 aliphatic heterocycles. The number of esters is 1. The van der Waals surface area contributed by atoms with Crippen LogP contribution in [0.5, 0.6) is 0 Å². The number of amides is 1. The summed E-state index contributed by atoms with van der Waals surface area (Å²) in [6, 6.07) is 11.6. The highest BCUT2D eigenvalue weighted by atomic mass is 32.2. The van der Waals surface area contributed by atoms with E-state index in [-0.39, 0.29) is 23.5 Å². The molecule has 2 aromatic carbocycles. The van der Waals surface area contributed by atoms with Crippen LogP contribution >= 0.6 is 0 Å². The van der Waals surface area contributed by atoms with Gasteiger partial charge >= 0.3 is 5.97 Å². The molecule has 6 nitrogen and oxygen atoms in total. The van der Waals surface area contributed by atoms with Gasteiger partial charge in [-0.2, -0.15) is 0 Å². The van der Waals surface area contributed by atoms with Gasteiger partial charge in [-0.05, 0) is 37.6 Å². The molecule has 0 fully saturated rings. The van der Waals surface area contributed by atoms with Gasteiger partial charge in [-0.3, -0.25) is 4.79 Å². The van der Waals surface area contributed by atoms with E-state index in [0.29, 0.717) is 9.87 Å². The Morgan fingerprint density at radius 2 is 1.81 bits per heavy atom. The second-order valence-electron chi connectivity index (χ2n) is 6.05. The molecule has 1 amide bonds. The Bertz CT molecular complexity index is 950. The number of nitrogens with zero attached hydrogens (tertiary/aromatic N) is 1. The zero-order chi connectivity index (χ0) is 18.9. The van der Waals surface area contributed by atoms with E-state index in [0.717, 1.165) is 5.56 Å². The van der Waals surface area contributed by atoms with Crippen LogP contribution in [0.25, 0.3) is 0 Å². The highest BCUT2D eigenvalue weighted by Gasteiger charge is 2.44. The Hall–Kier alpha value is -2.67. The predicted octanol–water partition coefficient (Wildman–Crippen LogP) is 2.31. The first kappa shape index (κ1) is 18.1. The van der Waals surface area contributed by atoms with E-state index in [1.807, 2.05) is 6.92 Å². The summed E-state index contributed by atoms with van der Waals surface area (Å²) in [7, 11) is -4.20. The van der Waals surface area contributed by atoms with Crippen molar-refractivity contribution in [3.63, 3.8) is 0 Å². The summed E-state index contributed by atoms with van der Waals surface area (Å²) in [6.07, 6.45) is 0.0891. The first-order chi connectivity index (χ1) is 12.4. The molecule has 0 aromatic heterocycles. The monoisotopic (exact) mass is 373 g/mol. The fourth-order valence-corrected chi connectivity index (χ4v) is 4.50. The maximum atomic E-state index is 13.1. The van der Waals surface area contributed by atoms with Crippen LogP contribution in [0.2, 0.25) is 0 Å². The van der Waals surface area contributed by atoms with E-state index < -0.39 is 27.9 Å². The van der Waals surface area contributed by atoms with Gasteiger partial charge in [-0.25, -0.2) is 17.5 Å². The van der Waals surface area contributed by atoms with Crippen molar-refractivity contribution in [2.45, 2.75) is 31.2 Å². The number of rotatable bonds is 4. The molecule has 1 atom stereocenters. The SMILES string of the molecule is CCOC(=O)C1Cc2ccccc2C(=O)N1S(=O)(=O)c1ccc(C)cc1. The number of fused-ring (bicyclic) bond motifs is 1. The topological polar surface area (TPSA) is 80.8 Å². The summed E-state index contributed by atoms with van der Waals surface area (Å²) in [5.41, 5.74) is 1.80. The van der Waals surface area contributed by atoms with E-state index in [1.165, 1.54) is 12.1 Å². The molecule has 1 aliphatic rings. The Kier molecular flexibility index (Phi) is 4.82. The first-order valence-electron chi connectivity index (χ1n) is 8.26.